The first kappa shape index (κ1) is 12.0. The highest BCUT2D eigenvalue weighted by molar-refractivity contribution is 7.16. The summed E-state index contributed by atoms with van der Waals surface area (Å²) in [5.74, 6) is 0.344. The van der Waals surface area contributed by atoms with Gasteiger partial charge in [0.15, 0.2) is 11.8 Å². The van der Waals surface area contributed by atoms with Crippen LogP contribution in [0, 0.1) is 0 Å². The maximum Gasteiger partial charge on any atom is 0.359 e. The predicted octanol–water partition coefficient (Wildman–Crippen LogP) is 2.19. The molecule has 2 N–H and O–H groups in total. The van der Waals surface area contributed by atoms with Crippen LogP contribution in [0.25, 0.3) is 0 Å². The van der Waals surface area contributed by atoms with Crippen molar-refractivity contribution in [2.45, 2.75) is 12.5 Å². The van der Waals surface area contributed by atoms with Crippen molar-refractivity contribution in [1.29, 1.82) is 0 Å². The molecule has 0 bridgehead atoms. The van der Waals surface area contributed by atoms with Crippen molar-refractivity contribution in [3.8, 4) is 5.75 Å². The zero-order valence-electron chi connectivity index (χ0n) is 10.3. The first-order valence-electron chi connectivity index (χ1n) is 5.78. The fourth-order valence-electron chi connectivity index (χ4n) is 2.05. The minimum atomic E-state index is -0.518. The van der Waals surface area contributed by atoms with Crippen molar-refractivity contribution in [2.75, 3.05) is 12.8 Å². The van der Waals surface area contributed by atoms with E-state index in [9.17, 15) is 4.79 Å². The predicted molar refractivity (Wildman–Crippen MR) is 71.4 cm³/mol. The molecule has 6 heteroatoms. The van der Waals surface area contributed by atoms with Crippen LogP contribution >= 0.6 is 11.3 Å². The molecule has 0 amide bonds. The zero-order valence-corrected chi connectivity index (χ0v) is 11.1. The fourth-order valence-corrected chi connectivity index (χ4v) is 2.90. The molecule has 0 aliphatic carbocycles. The highest BCUT2D eigenvalue weighted by Gasteiger charge is 2.29. The lowest BCUT2D eigenvalue weighted by atomic mass is 10.1. The van der Waals surface area contributed by atoms with E-state index >= 15 is 0 Å². The van der Waals surface area contributed by atoms with E-state index in [0.29, 0.717) is 10.0 Å². The summed E-state index contributed by atoms with van der Waals surface area (Å²) in [6.07, 6.45) is 0.562. The maximum atomic E-state index is 11.5. The molecule has 2 aromatic rings. The molecule has 1 aliphatic rings. The smallest absolute Gasteiger partial charge is 0.359 e. The number of carbonyl (C=O) groups is 1. The quantitative estimate of drug-likeness (QED) is 0.851. The maximum absolute atomic E-state index is 11.5. The Morgan fingerprint density at radius 1 is 1.53 bits per heavy atom. The molecule has 2 heterocycles. The number of carbonyl (C=O) groups excluding carboxylic acids is 1. The summed E-state index contributed by atoms with van der Waals surface area (Å²) in [6.45, 7) is 0. The molecule has 19 heavy (non-hydrogen) atoms. The van der Waals surface area contributed by atoms with Gasteiger partial charge < -0.3 is 15.2 Å². The van der Waals surface area contributed by atoms with Gasteiger partial charge in [-0.3, -0.25) is 0 Å². The van der Waals surface area contributed by atoms with Crippen LogP contribution in [0.15, 0.2) is 24.3 Å². The summed E-state index contributed by atoms with van der Waals surface area (Å²) in [7, 11) is 1.31. The van der Waals surface area contributed by atoms with Gasteiger partial charge in [-0.15, -0.1) is 0 Å². The van der Waals surface area contributed by atoms with Gasteiger partial charge in [-0.2, -0.15) is 0 Å². The second-order valence-electron chi connectivity index (χ2n) is 4.17. The van der Waals surface area contributed by atoms with Gasteiger partial charge in [0.05, 0.1) is 7.11 Å². The molecule has 0 fully saturated rings. The molecule has 1 aliphatic heterocycles. The molecule has 5 nitrogen and oxygen atoms in total. The van der Waals surface area contributed by atoms with E-state index in [0.717, 1.165) is 17.7 Å². The van der Waals surface area contributed by atoms with E-state index < -0.39 is 5.97 Å². The number of fused-ring (bicyclic) bond motifs is 1. The molecule has 0 spiro atoms. The number of hydrogen-bond acceptors (Lipinski definition) is 6. The Hall–Kier alpha value is -2.08. The molecule has 98 valence electrons. The number of rotatable bonds is 2. The van der Waals surface area contributed by atoms with Crippen LogP contribution in [0.4, 0.5) is 5.00 Å². The number of thiazole rings is 1. The average Bonchev–Trinajstić information content (AvgIpc) is 3.00. The Morgan fingerprint density at radius 2 is 2.32 bits per heavy atom. The number of nitrogens with two attached hydrogens (primary N) is 1. The number of aromatic nitrogens is 1. The first-order valence-corrected chi connectivity index (χ1v) is 6.59. The second kappa shape index (κ2) is 4.55. The summed E-state index contributed by atoms with van der Waals surface area (Å²) in [5, 5.41) is 1.07. The molecule has 1 atom stereocenters. The van der Waals surface area contributed by atoms with Crippen molar-refractivity contribution < 1.29 is 14.3 Å². The lowest BCUT2D eigenvalue weighted by molar-refractivity contribution is 0.0595. The molecule has 1 aromatic heterocycles. The van der Waals surface area contributed by atoms with Crippen LogP contribution in [-0.2, 0) is 11.2 Å². The van der Waals surface area contributed by atoms with Crippen molar-refractivity contribution in [2.24, 2.45) is 0 Å². The minimum Gasteiger partial charge on any atom is -0.483 e. The van der Waals surface area contributed by atoms with Gasteiger partial charge in [0.1, 0.15) is 15.8 Å². The summed E-state index contributed by atoms with van der Waals surface area (Å²) in [4.78, 5) is 15.7. The third-order valence-electron chi connectivity index (χ3n) is 2.97. The van der Waals surface area contributed by atoms with Gasteiger partial charge in [0, 0.05) is 6.42 Å². The van der Waals surface area contributed by atoms with Gasteiger partial charge in [0.25, 0.3) is 0 Å². The third kappa shape index (κ3) is 2.04. The molecule has 0 radical (unpaired) electrons. The molecule has 0 saturated carbocycles. The normalized spacial score (nSPS) is 16.8. The number of benzene rings is 1. The van der Waals surface area contributed by atoms with Crippen molar-refractivity contribution in [3.05, 3.63) is 40.5 Å². The minimum absolute atomic E-state index is 0.169. The topological polar surface area (TPSA) is 74.4 Å². The summed E-state index contributed by atoms with van der Waals surface area (Å²) >= 11 is 1.27. The molecule has 1 aromatic carbocycles. The van der Waals surface area contributed by atoms with Gasteiger partial charge in [-0.1, -0.05) is 29.5 Å². The van der Waals surface area contributed by atoms with Gasteiger partial charge >= 0.3 is 5.97 Å². The Bertz CT molecular complexity index is 614. The molecule has 1 unspecified atom stereocenters. The Kier molecular flexibility index (Phi) is 2.87. The number of methoxy groups -OCH3 is 1. The Labute approximate surface area is 114 Å². The lowest BCUT2D eigenvalue weighted by Gasteiger charge is -2.06. The van der Waals surface area contributed by atoms with E-state index in [1.807, 2.05) is 24.3 Å². The van der Waals surface area contributed by atoms with E-state index in [1.54, 1.807) is 0 Å². The van der Waals surface area contributed by atoms with Gasteiger partial charge in [-0.05, 0) is 11.6 Å². The number of anilines is 1. The monoisotopic (exact) mass is 276 g/mol. The van der Waals surface area contributed by atoms with E-state index in [-0.39, 0.29) is 11.8 Å². The van der Waals surface area contributed by atoms with Crippen LogP contribution in [0.1, 0.15) is 27.2 Å². The van der Waals surface area contributed by atoms with Crippen molar-refractivity contribution >= 4 is 22.3 Å². The molecule has 0 saturated heterocycles. The molecule has 3 rings (SSSR count). The van der Waals surface area contributed by atoms with Gasteiger partial charge in [-0.25, -0.2) is 9.78 Å². The Morgan fingerprint density at radius 3 is 3.05 bits per heavy atom. The fraction of sp³-hybridized carbons (Fsp3) is 0.231. The molecular formula is C13H12N2O3S. The van der Waals surface area contributed by atoms with Crippen LogP contribution in [0.5, 0.6) is 5.75 Å². The second-order valence-corrected chi connectivity index (χ2v) is 5.24. The number of hydrogen-bond donors (Lipinski definition) is 1. The summed E-state index contributed by atoms with van der Waals surface area (Å²) in [6, 6.07) is 7.85. The largest absolute Gasteiger partial charge is 0.483 e. The summed E-state index contributed by atoms with van der Waals surface area (Å²) in [5.41, 5.74) is 7.10. The SMILES string of the molecule is COC(=O)c1nc(C2Cc3ccccc3O2)sc1N. The number of para-hydroxylation sites is 1. The summed E-state index contributed by atoms with van der Waals surface area (Å²) < 4.78 is 10.5. The standard InChI is InChI=1S/C13H12N2O3S/c1-17-13(16)10-11(14)19-12(15-10)9-6-7-4-2-3-5-8(7)18-9/h2-5,9H,6,14H2,1H3. The molecular weight excluding hydrogens is 264 g/mol. The number of nitrogen functional groups attached to an aromatic ring is 1. The highest BCUT2D eigenvalue weighted by atomic mass is 32.1. The van der Waals surface area contributed by atoms with Crippen LogP contribution in [0.2, 0.25) is 0 Å². The van der Waals surface area contributed by atoms with E-state index in [2.05, 4.69) is 9.72 Å². The van der Waals surface area contributed by atoms with Crippen molar-refractivity contribution in [1.82, 2.24) is 4.98 Å². The van der Waals surface area contributed by atoms with Crippen LogP contribution < -0.4 is 10.5 Å². The van der Waals surface area contributed by atoms with Crippen LogP contribution in [-0.4, -0.2) is 18.1 Å². The van der Waals surface area contributed by atoms with Crippen molar-refractivity contribution in [3.63, 3.8) is 0 Å². The van der Waals surface area contributed by atoms with E-state index in [4.69, 9.17) is 10.5 Å². The number of nitrogens with zero attached hydrogens (tertiary/aromatic N) is 1. The third-order valence-corrected chi connectivity index (χ3v) is 3.95. The van der Waals surface area contributed by atoms with E-state index in [1.165, 1.54) is 18.4 Å². The Balaban J connectivity index is 1.88. The number of esters is 1. The lowest BCUT2D eigenvalue weighted by Crippen LogP contribution is -2.07. The average molecular weight is 276 g/mol. The highest BCUT2D eigenvalue weighted by Crippen LogP contribution is 2.39. The number of ether oxygens (including phenoxy) is 2. The van der Waals surface area contributed by atoms with Crippen LogP contribution in [0.3, 0.4) is 0 Å². The first-order chi connectivity index (χ1) is 9.19. The zero-order chi connectivity index (χ0) is 13.4. The van der Waals surface area contributed by atoms with Gasteiger partial charge in [0.2, 0.25) is 0 Å².